The number of nitrogens with two attached hydrogens (primary N) is 1. The molecule has 0 spiro atoms. The van der Waals surface area contributed by atoms with Crippen LogP contribution in [0.2, 0.25) is 0 Å². The van der Waals surface area contributed by atoms with Crippen LogP contribution in [0.1, 0.15) is 11.3 Å². The Morgan fingerprint density at radius 2 is 1.84 bits per heavy atom. The van der Waals surface area contributed by atoms with E-state index in [0.717, 1.165) is 35.7 Å². The van der Waals surface area contributed by atoms with Crippen LogP contribution in [0.15, 0.2) is 24.3 Å². The predicted molar refractivity (Wildman–Crippen MR) is 98.2 cm³/mol. The van der Waals surface area contributed by atoms with Gasteiger partial charge in [-0.1, -0.05) is 0 Å². The molecule has 2 aromatic rings. The molecule has 1 atom stereocenters. The lowest BCUT2D eigenvalue weighted by atomic mass is 10.1. The molecule has 0 saturated carbocycles. The molecule has 25 heavy (non-hydrogen) atoms. The summed E-state index contributed by atoms with van der Waals surface area (Å²) in [7, 11) is -1.03. The van der Waals surface area contributed by atoms with Crippen molar-refractivity contribution in [2.75, 3.05) is 43.2 Å². The fraction of sp³-hybridized carbons (Fsp3) is 0.412. The van der Waals surface area contributed by atoms with Gasteiger partial charge in [-0.3, -0.25) is 0 Å². The standard InChI is InChI=1S/C17H21N5O2S/c1-25(23)22-10-14-15(11-22)19-16(12-2-4-13(18)5-3-12)20-17(14)21-6-8-24-9-7-21/h2-5H,6-11,18H2,1H3. The van der Waals surface area contributed by atoms with E-state index in [1.165, 1.54) is 0 Å². The number of fused-ring (bicyclic) bond motifs is 1. The summed E-state index contributed by atoms with van der Waals surface area (Å²) in [6.45, 7) is 4.20. The molecule has 132 valence electrons. The second-order valence-corrected chi connectivity index (χ2v) is 7.60. The summed E-state index contributed by atoms with van der Waals surface area (Å²) in [5.74, 6) is 1.62. The number of nitrogen functional groups attached to an aromatic ring is 1. The molecule has 8 heteroatoms. The first-order valence-corrected chi connectivity index (χ1v) is 9.80. The predicted octanol–water partition coefficient (Wildman–Crippen LogP) is 1.17. The Morgan fingerprint density at radius 3 is 2.52 bits per heavy atom. The van der Waals surface area contributed by atoms with Gasteiger partial charge in [-0.25, -0.2) is 18.5 Å². The third kappa shape index (κ3) is 3.24. The van der Waals surface area contributed by atoms with Crippen molar-refractivity contribution < 1.29 is 8.95 Å². The van der Waals surface area contributed by atoms with Crippen LogP contribution >= 0.6 is 0 Å². The number of hydrogen-bond donors (Lipinski definition) is 1. The van der Waals surface area contributed by atoms with Crippen molar-refractivity contribution in [3.05, 3.63) is 35.5 Å². The van der Waals surface area contributed by atoms with Crippen molar-refractivity contribution in [1.29, 1.82) is 0 Å². The van der Waals surface area contributed by atoms with Crippen LogP contribution < -0.4 is 10.6 Å². The number of hydrogen-bond acceptors (Lipinski definition) is 6. The maximum atomic E-state index is 11.9. The van der Waals surface area contributed by atoms with Gasteiger partial charge in [0.15, 0.2) is 5.82 Å². The van der Waals surface area contributed by atoms with E-state index in [4.69, 9.17) is 20.4 Å². The Balaban J connectivity index is 1.78. The summed E-state index contributed by atoms with van der Waals surface area (Å²) in [6, 6.07) is 7.58. The minimum absolute atomic E-state index is 0.584. The molecule has 0 aliphatic carbocycles. The Labute approximate surface area is 149 Å². The average Bonchev–Trinajstić information content (AvgIpc) is 3.07. The zero-order valence-corrected chi connectivity index (χ0v) is 15.0. The van der Waals surface area contributed by atoms with Gasteiger partial charge >= 0.3 is 0 Å². The summed E-state index contributed by atoms with van der Waals surface area (Å²) in [4.78, 5) is 11.9. The monoisotopic (exact) mass is 359 g/mol. The fourth-order valence-corrected chi connectivity index (χ4v) is 3.80. The molecular weight excluding hydrogens is 338 g/mol. The van der Waals surface area contributed by atoms with Crippen molar-refractivity contribution in [3.8, 4) is 11.4 Å². The molecule has 0 bridgehead atoms. The highest BCUT2D eigenvalue weighted by molar-refractivity contribution is 7.81. The van der Waals surface area contributed by atoms with Gasteiger partial charge in [-0.05, 0) is 24.3 Å². The smallest absolute Gasteiger partial charge is 0.161 e. The number of ether oxygens (including phenoxy) is 1. The summed E-state index contributed by atoms with van der Waals surface area (Å²) in [6.07, 6.45) is 1.70. The van der Waals surface area contributed by atoms with Gasteiger partial charge in [0.25, 0.3) is 0 Å². The highest BCUT2D eigenvalue weighted by atomic mass is 32.2. The highest BCUT2D eigenvalue weighted by Gasteiger charge is 2.30. The van der Waals surface area contributed by atoms with E-state index >= 15 is 0 Å². The molecule has 1 fully saturated rings. The Kier molecular flexibility index (Phi) is 4.41. The van der Waals surface area contributed by atoms with E-state index in [1.54, 1.807) is 6.26 Å². The molecule has 2 aliphatic heterocycles. The highest BCUT2D eigenvalue weighted by Crippen LogP contribution is 2.32. The van der Waals surface area contributed by atoms with Crippen molar-refractivity contribution in [2.45, 2.75) is 13.1 Å². The fourth-order valence-electron chi connectivity index (χ4n) is 3.19. The molecule has 1 aromatic carbocycles. The quantitative estimate of drug-likeness (QED) is 0.828. The number of rotatable bonds is 3. The molecule has 1 aromatic heterocycles. The van der Waals surface area contributed by atoms with Gasteiger partial charge in [0, 0.05) is 42.7 Å². The number of aromatic nitrogens is 2. The van der Waals surface area contributed by atoms with Gasteiger partial charge < -0.3 is 15.4 Å². The van der Waals surface area contributed by atoms with Gasteiger partial charge in [0.1, 0.15) is 5.82 Å². The molecule has 0 radical (unpaired) electrons. The first-order valence-electron chi connectivity index (χ1n) is 8.28. The van der Waals surface area contributed by atoms with Crippen molar-refractivity contribution in [2.24, 2.45) is 0 Å². The largest absolute Gasteiger partial charge is 0.399 e. The molecule has 1 unspecified atom stereocenters. The maximum absolute atomic E-state index is 11.9. The maximum Gasteiger partial charge on any atom is 0.161 e. The number of benzene rings is 1. The van der Waals surface area contributed by atoms with E-state index in [2.05, 4.69) is 4.90 Å². The number of anilines is 2. The second-order valence-electron chi connectivity index (χ2n) is 6.24. The summed E-state index contributed by atoms with van der Waals surface area (Å²) in [5.41, 5.74) is 9.47. The number of nitrogens with zero attached hydrogens (tertiary/aromatic N) is 4. The molecule has 7 nitrogen and oxygen atoms in total. The topological polar surface area (TPSA) is 84.6 Å². The van der Waals surface area contributed by atoms with E-state index in [0.29, 0.717) is 37.8 Å². The first-order chi connectivity index (χ1) is 12.1. The van der Waals surface area contributed by atoms with Gasteiger partial charge in [0.2, 0.25) is 0 Å². The lowest BCUT2D eigenvalue weighted by Gasteiger charge is -2.29. The lowest BCUT2D eigenvalue weighted by Crippen LogP contribution is -2.37. The van der Waals surface area contributed by atoms with E-state index < -0.39 is 11.0 Å². The molecule has 2 N–H and O–H groups in total. The summed E-state index contributed by atoms with van der Waals surface area (Å²) < 4.78 is 19.3. The Bertz CT molecular complexity index is 805. The van der Waals surface area contributed by atoms with E-state index in [9.17, 15) is 4.21 Å². The van der Waals surface area contributed by atoms with E-state index in [-0.39, 0.29) is 0 Å². The van der Waals surface area contributed by atoms with Crippen molar-refractivity contribution in [3.63, 3.8) is 0 Å². The summed E-state index contributed by atoms with van der Waals surface area (Å²) >= 11 is 0. The van der Waals surface area contributed by atoms with Crippen molar-refractivity contribution >= 4 is 22.5 Å². The third-order valence-corrected chi connectivity index (χ3v) is 5.56. The Hall–Kier alpha value is -2.03. The lowest BCUT2D eigenvalue weighted by molar-refractivity contribution is 0.122. The summed E-state index contributed by atoms with van der Waals surface area (Å²) in [5, 5.41) is 0. The zero-order chi connectivity index (χ0) is 17.4. The zero-order valence-electron chi connectivity index (χ0n) is 14.1. The van der Waals surface area contributed by atoms with Crippen LogP contribution in [-0.4, -0.2) is 51.0 Å². The van der Waals surface area contributed by atoms with Crippen LogP contribution in [-0.2, 0) is 28.8 Å². The van der Waals surface area contributed by atoms with Crippen LogP contribution in [0.25, 0.3) is 11.4 Å². The van der Waals surface area contributed by atoms with Gasteiger partial charge in [0.05, 0.1) is 36.4 Å². The molecule has 2 aliphatic rings. The van der Waals surface area contributed by atoms with Crippen molar-refractivity contribution in [1.82, 2.24) is 14.3 Å². The molecule has 4 rings (SSSR count). The molecule has 0 amide bonds. The van der Waals surface area contributed by atoms with Crippen LogP contribution in [0, 0.1) is 0 Å². The second kappa shape index (κ2) is 6.70. The third-order valence-electron chi connectivity index (χ3n) is 4.57. The van der Waals surface area contributed by atoms with Crippen LogP contribution in [0.5, 0.6) is 0 Å². The first kappa shape index (κ1) is 16.4. The van der Waals surface area contributed by atoms with Gasteiger partial charge in [-0.15, -0.1) is 0 Å². The van der Waals surface area contributed by atoms with Gasteiger partial charge in [-0.2, -0.15) is 0 Å². The van der Waals surface area contributed by atoms with E-state index in [1.807, 2.05) is 28.6 Å². The minimum atomic E-state index is -1.03. The average molecular weight is 359 g/mol. The SMILES string of the molecule is CS(=O)N1Cc2nc(-c3ccc(N)cc3)nc(N3CCOCC3)c2C1. The Morgan fingerprint density at radius 1 is 1.12 bits per heavy atom. The normalized spacial score (nSPS) is 19.0. The molecular formula is C17H21N5O2S. The van der Waals surface area contributed by atoms with Crippen LogP contribution in [0.4, 0.5) is 11.5 Å². The van der Waals surface area contributed by atoms with Crippen LogP contribution in [0.3, 0.4) is 0 Å². The molecule has 1 saturated heterocycles. The molecule has 3 heterocycles. The number of morpholine rings is 1. The minimum Gasteiger partial charge on any atom is -0.399 e.